The van der Waals surface area contributed by atoms with Crippen LogP contribution >= 0.6 is 0 Å². The summed E-state index contributed by atoms with van der Waals surface area (Å²) in [6, 6.07) is 28.1. The van der Waals surface area contributed by atoms with Gasteiger partial charge in [0, 0.05) is 64.8 Å². The molecule has 23 N–H and O–H groups in total. The minimum absolute atomic E-state index is 0.0317. The molecule has 5 aromatic rings. The number of primary amides is 1. The second-order valence-electron chi connectivity index (χ2n) is 36.4. The number of carbonyl (C=O) groups is 14. The molecule has 3 aliphatic heterocycles. The van der Waals surface area contributed by atoms with Crippen LogP contribution in [0.3, 0.4) is 0 Å². The first-order valence-corrected chi connectivity index (χ1v) is 48.0. The summed E-state index contributed by atoms with van der Waals surface area (Å²) in [7, 11) is 0. The Morgan fingerprint density at radius 3 is 1.04 bits per heavy atom. The Kier molecular flexibility index (Phi) is 43.2. The van der Waals surface area contributed by atoms with Crippen molar-refractivity contribution in [2.45, 2.75) is 267 Å². The van der Waals surface area contributed by atoms with E-state index in [1.54, 1.807) is 152 Å². The first-order valence-electron chi connectivity index (χ1n) is 48.0. The molecule has 4 fully saturated rings. The fraction of sp³-hybridized carbons (Fsp3) is 0.535. The quantitative estimate of drug-likeness (QED) is 0.0151. The van der Waals surface area contributed by atoms with Crippen molar-refractivity contribution >= 4 is 94.6 Å². The van der Waals surface area contributed by atoms with Gasteiger partial charge < -0.3 is 107 Å². The molecule has 0 radical (unpaired) electrons. The lowest BCUT2D eigenvalue weighted by Crippen LogP contribution is -2.61. The molecule has 36 heteroatoms. The van der Waals surface area contributed by atoms with E-state index in [4.69, 9.17) is 33.8 Å². The first kappa shape index (κ1) is 106. The summed E-state index contributed by atoms with van der Waals surface area (Å²) in [6.07, 6.45) is 8.98. The lowest BCUT2D eigenvalue weighted by molar-refractivity contribution is -0.143. The largest absolute Gasteiger partial charge is 0.370 e. The number of carbonyl (C=O) groups excluding carboxylic acids is 14. The predicted molar refractivity (Wildman–Crippen MR) is 513 cm³/mol. The molecule has 3 heterocycles. The molecule has 0 bridgehead atoms. The zero-order chi connectivity index (χ0) is 97.3. The molecule has 1 aliphatic carbocycles. The van der Waals surface area contributed by atoms with Gasteiger partial charge in [-0.1, -0.05) is 205 Å². The van der Waals surface area contributed by atoms with Crippen molar-refractivity contribution in [3.8, 4) is 0 Å². The van der Waals surface area contributed by atoms with Gasteiger partial charge >= 0.3 is 0 Å². The molecule has 732 valence electrons. The minimum Gasteiger partial charge on any atom is -0.370 e. The van der Waals surface area contributed by atoms with E-state index in [9.17, 15) is 28.8 Å². The van der Waals surface area contributed by atoms with E-state index in [1.165, 1.54) is 21.1 Å². The van der Waals surface area contributed by atoms with Crippen molar-refractivity contribution in [3.63, 3.8) is 0 Å². The van der Waals surface area contributed by atoms with Crippen LogP contribution in [0.25, 0.3) is 0 Å². The highest BCUT2D eigenvalue weighted by atomic mass is 16.2. The third kappa shape index (κ3) is 34.2. The molecule has 0 unspecified atom stereocenters. The molecule has 3 saturated heterocycles. The first-order chi connectivity index (χ1) is 65.0. The molecule has 0 aromatic heterocycles. The van der Waals surface area contributed by atoms with Gasteiger partial charge in [0.1, 0.15) is 78.5 Å². The molecular weight excluding hydrogens is 1720 g/mol. The molecule has 9 rings (SSSR count). The molecule has 14 atom stereocenters. The second kappa shape index (κ2) is 55.1. The zero-order valence-corrected chi connectivity index (χ0v) is 78.4. The summed E-state index contributed by atoms with van der Waals surface area (Å²) in [5, 5.41) is 52.7. The molecule has 1 saturated carbocycles. The zero-order valence-electron chi connectivity index (χ0n) is 78.4. The molecule has 4 aliphatic rings. The molecule has 5 aromatic carbocycles. The van der Waals surface area contributed by atoms with E-state index in [2.05, 4.69) is 69.1 Å². The number of guanidine groups is 2. The maximum Gasteiger partial charge on any atom is 0.246 e. The highest BCUT2D eigenvalue weighted by Gasteiger charge is 2.45. The molecular formula is C99H142N22O14. The Morgan fingerprint density at radius 2 is 0.696 bits per heavy atom. The Hall–Kier alpha value is -12.9. The smallest absolute Gasteiger partial charge is 0.246 e. The summed E-state index contributed by atoms with van der Waals surface area (Å²) < 4.78 is 0. The normalized spacial score (nSPS) is 17.9. The van der Waals surface area contributed by atoms with Gasteiger partial charge in [0.15, 0.2) is 11.9 Å². The van der Waals surface area contributed by atoms with E-state index in [1.807, 2.05) is 27.7 Å². The van der Waals surface area contributed by atoms with Gasteiger partial charge in [-0.3, -0.25) is 77.9 Å². The third-order valence-corrected chi connectivity index (χ3v) is 25.5. The van der Waals surface area contributed by atoms with Gasteiger partial charge in [-0.05, 0) is 161 Å². The van der Waals surface area contributed by atoms with Crippen LogP contribution in [-0.4, -0.2) is 240 Å². The van der Waals surface area contributed by atoms with Gasteiger partial charge in [0.05, 0.1) is 6.54 Å². The fourth-order valence-corrected chi connectivity index (χ4v) is 18.0. The average molecular weight is 1860 g/mol. The average Bonchev–Trinajstić information content (AvgIpc) is 1.74. The number of nitrogens with one attached hydrogen (secondary N) is 15. The highest BCUT2D eigenvalue weighted by Crippen LogP contribution is 2.28. The number of benzene rings is 5. The standard InChI is InChI=1S/C99H142N22O14/c1-5-64(4)84(118-83(122)62-106-61-70-41-22-11-23-42-70)94(132)117-77(55-63(2)3)95(133)119-52-28-46-80(119)91(129)112-74(56-65-31-12-6-13-32-65)88(126)110-72(43-24-25-49-100)87(125)115-78(59-68-37-18-9-19-38-68)96(134)120-53-29-48-82(120)93(131)114-76(58-67-35-16-8-17-36-67)90(128)116-79(60-69-39-20-10-21-40-69)97(135)121-54-30-47-81(121)92(130)113-75(57-66-33-14-7-15-34-66)89(127)111-73(45-27-51-108-99(104)105)86(124)109-71(85(101)123)44-26-50-107-98(102)103/h6-10,12-21,31-40,63-64,70-82,84,106H,5,11,22-30,41-62,100H2,1-4H3,(H2,101,123)(H,109,124)(H,110,126)(H,111,127)(H,112,129)(H,113,130)(H,114,131)(H,115,125)(H,116,128)(H,117,132)(H,118,122)(H4,102,103,107)(H4,104,105,108)/t64-,71-,72-,73-,74-,75-,76-,77-,78-,79-,80-,81-,82-,84-/m0/s1. The maximum absolute atomic E-state index is 15.7. The lowest BCUT2D eigenvalue weighted by Gasteiger charge is -2.32. The van der Waals surface area contributed by atoms with E-state index < -0.39 is 155 Å². The van der Waals surface area contributed by atoms with E-state index in [0.717, 1.165) is 25.7 Å². The Labute approximate surface area is 791 Å². The van der Waals surface area contributed by atoms with Crippen molar-refractivity contribution in [2.75, 3.05) is 52.4 Å². The topological polar surface area (TPSA) is 557 Å². The van der Waals surface area contributed by atoms with Crippen LogP contribution in [0.15, 0.2) is 152 Å². The van der Waals surface area contributed by atoms with Crippen molar-refractivity contribution in [1.29, 1.82) is 10.8 Å². The molecule has 135 heavy (non-hydrogen) atoms. The minimum atomic E-state index is -1.40. The Balaban J connectivity index is 0.918. The number of hydrogen-bond acceptors (Lipinski definition) is 18. The number of amides is 14. The summed E-state index contributed by atoms with van der Waals surface area (Å²) in [4.78, 5) is 211. The number of nitrogens with zero attached hydrogens (tertiary/aromatic N) is 3. The molecule has 36 nitrogen and oxygen atoms in total. The van der Waals surface area contributed by atoms with E-state index in [-0.39, 0.29) is 165 Å². The maximum atomic E-state index is 15.7. The van der Waals surface area contributed by atoms with Gasteiger partial charge in [-0.15, -0.1) is 0 Å². The van der Waals surface area contributed by atoms with Crippen LogP contribution in [0.2, 0.25) is 0 Å². The summed E-state index contributed by atoms with van der Waals surface area (Å²) in [5.74, 6) is -9.97. The molecule has 14 amide bonds. The van der Waals surface area contributed by atoms with Crippen LogP contribution in [0, 0.1) is 28.6 Å². The van der Waals surface area contributed by atoms with E-state index >= 15 is 38.4 Å². The van der Waals surface area contributed by atoms with Crippen molar-refractivity contribution in [2.24, 2.45) is 40.7 Å². The second-order valence-corrected chi connectivity index (χ2v) is 36.4. The van der Waals surface area contributed by atoms with Gasteiger partial charge in [0.2, 0.25) is 82.7 Å². The highest BCUT2D eigenvalue weighted by molar-refractivity contribution is 6.01. The summed E-state index contributed by atoms with van der Waals surface area (Å²) in [5.41, 5.74) is 25.9. The monoisotopic (exact) mass is 1860 g/mol. The van der Waals surface area contributed by atoms with Crippen LogP contribution in [-0.2, 0) is 99.2 Å². The van der Waals surface area contributed by atoms with Gasteiger partial charge in [0.25, 0.3) is 0 Å². The fourth-order valence-electron chi connectivity index (χ4n) is 18.0. The Bertz CT molecular complexity index is 4730. The summed E-state index contributed by atoms with van der Waals surface area (Å²) in [6.45, 7) is 9.19. The number of rotatable bonds is 53. The number of hydrogen-bond donors (Lipinski definition) is 19. The van der Waals surface area contributed by atoms with Crippen LogP contribution in [0.1, 0.15) is 184 Å². The lowest BCUT2D eigenvalue weighted by atomic mass is 9.89. The predicted octanol–water partition coefficient (Wildman–Crippen LogP) is 2.42. The number of nitrogens with two attached hydrogens (primary N) is 4. The van der Waals surface area contributed by atoms with Crippen LogP contribution in [0.5, 0.6) is 0 Å². The Morgan fingerprint density at radius 1 is 0.370 bits per heavy atom. The van der Waals surface area contributed by atoms with E-state index in [0.29, 0.717) is 78.8 Å². The van der Waals surface area contributed by atoms with Crippen LogP contribution < -0.4 is 92.1 Å². The third-order valence-electron chi connectivity index (χ3n) is 25.5. The SMILES string of the molecule is CC[C@H](C)[C@H](NC(=O)CNCC1CCCCC1)C(=O)N[C@@H](CC(C)C)C(=O)N1CCC[C@H]1C(=O)N[C@@H](Cc1ccccc1)C(=O)N[C@@H](CCCCN)C(=O)N[C@@H](Cc1ccccc1)C(=O)N1CCC[C@H]1C(=O)N[C@@H](Cc1ccccc1)C(=O)N[C@@H](Cc1ccccc1)C(=O)N1CCC[C@H]1C(=O)N[C@@H](Cc1ccccc1)C(=O)N[C@@H](CCCNC(=N)N)C(=O)N[C@@H](CCCNC(=N)N)C(N)=O. The van der Waals surface area contributed by atoms with Gasteiger partial charge in [-0.25, -0.2) is 0 Å². The molecule has 0 spiro atoms. The van der Waals surface area contributed by atoms with Crippen molar-refractivity contribution in [1.82, 2.24) is 83.8 Å². The van der Waals surface area contributed by atoms with Crippen molar-refractivity contribution < 1.29 is 67.1 Å². The number of likely N-dealkylation sites (tertiary alicyclic amines) is 3. The van der Waals surface area contributed by atoms with Gasteiger partial charge in [-0.2, -0.15) is 0 Å². The number of unbranched alkanes of at least 4 members (excludes halogenated alkanes) is 1. The van der Waals surface area contributed by atoms with Crippen molar-refractivity contribution in [3.05, 3.63) is 179 Å². The summed E-state index contributed by atoms with van der Waals surface area (Å²) >= 11 is 0. The van der Waals surface area contributed by atoms with Crippen LogP contribution in [0.4, 0.5) is 0 Å².